The van der Waals surface area contributed by atoms with Crippen molar-refractivity contribution in [1.29, 1.82) is 0 Å². The van der Waals surface area contributed by atoms with Gasteiger partial charge in [0, 0.05) is 12.3 Å². The summed E-state index contributed by atoms with van der Waals surface area (Å²) in [6.07, 6.45) is 14.9. The number of aliphatic hydroxyl groups is 1. The van der Waals surface area contributed by atoms with Crippen LogP contribution in [0.5, 0.6) is 0 Å². The molecule has 4 atom stereocenters. The van der Waals surface area contributed by atoms with E-state index >= 15 is 0 Å². The summed E-state index contributed by atoms with van der Waals surface area (Å²) in [6, 6.07) is 0. The van der Waals surface area contributed by atoms with E-state index in [4.69, 9.17) is 4.43 Å². The lowest BCUT2D eigenvalue weighted by Gasteiger charge is -2.38. The highest BCUT2D eigenvalue weighted by molar-refractivity contribution is 6.74. The van der Waals surface area contributed by atoms with Crippen LogP contribution in [0.2, 0.25) is 18.1 Å². The number of methoxy groups -OCH3 is 1. The van der Waals surface area contributed by atoms with E-state index in [1.165, 1.54) is 20.0 Å². The van der Waals surface area contributed by atoms with Gasteiger partial charge < -0.3 is 14.3 Å². The Morgan fingerprint density at radius 3 is 2.42 bits per heavy atom. The van der Waals surface area contributed by atoms with Gasteiger partial charge in [0.2, 0.25) is 0 Å². The van der Waals surface area contributed by atoms with Crippen LogP contribution in [0, 0.1) is 11.8 Å². The molecule has 0 aromatic heterocycles. The van der Waals surface area contributed by atoms with Gasteiger partial charge in [-0.3, -0.25) is 9.59 Å². The standard InChI is InChI=1S/C27H48O5Si/c1-8-9-11-14-22(32-33(6,7)27(2,3)4)19-17-21-18-20-24(29)26(21)23(28)15-12-10-13-16-25(30)31-5/h17-23,26,28H,8-16H2,1-7H3/b19-17+/t21-,22-,23-,26-/m0/s1. The van der Waals surface area contributed by atoms with E-state index in [0.717, 1.165) is 32.1 Å². The normalized spacial score (nSPS) is 21.0. The first-order valence-corrected chi connectivity index (χ1v) is 15.7. The molecule has 0 heterocycles. The van der Waals surface area contributed by atoms with Crippen LogP contribution in [0.3, 0.4) is 0 Å². The third kappa shape index (κ3) is 10.3. The molecular formula is C27H48O5Si. The number of carbonyl (C=O) groups is 2. The highest BCUT2D eigenvalue weighted by Gasteiger charge is 2.39. The number of aliphatic hydroxyl groups excluding tert-OH is 1. The van der Waals surface area contributed by atoms with E-state index in [-0.39, 0.29) is 28.8 Å². The van der Waals surface area contributed by atoms with Crippen molar-refractivity contribution in [3.63, 3.8) is 0 Å². The summed E-state index contributed by atoms with van der Waals surface area (Å²) in [5.41, 5.74) is 0. The predicted octanol–water partition coefficient (Wildman–Crippen LogP) is 6.37. The smallest absolute Gasteiger partial charge is 0.305 e. The molecule has 190 valence electrons. The third-order valence-electron chi connectivity index (χ3n) is 7.14. The number of ether oxygens (including phenoxy) is 1. The quantitative estimate of drug-likeness (QED) is 0.128. The zero-order valence-electron chi connectivity index (χ0n) is 22.1. The number of hydrogen-bond acceptors (Lipinski definition) is 5. The Morgan fingerprint density at radius 1 is 1.15 bits per heavy atom. The minimum Gasteiger partial charge on any atom is -0.469 e. The molecule has 33 heavy (non-hydrogen) atoms. The van der Waals surface area contributed by atoms with Gasteiger partial charge in [0.25, 0.3) is 0 Å². The highest BCUT2D eigenvalue weighted by Crippen LogP contribution is 2.38. The maximum Gasteiger partial charge on any atom is 0.305 e. The second-order valence-electron chi connectivity index (χ2n) is 10.9. The number of carbonyl (C=O) groups excluding carboxylic acids is 2. The van der Waals surface area contributed by atoms with Crippen LogP contribution in [0.4, 0.5) is 0 Å². The van der Waals surface area contributed by atoms with Crippen molar-refractivity contribution in [3.8, 4) is 0 Å². The maximum atomic E-state index is 12.5. The molecule has 6 heteroatoms. The van der Waals surface area contributed by atoms with Crippen LogP contribution in [-0.4, -0.2) is 44.5 Å². The van der Waals surface area contributed by atoms with Crippen molar-refractivity contribution in [3.05, 3.63) is 24.3 Å². The first-order chi connectivity index (χ1) is 15.4. The monoisotopic (exact) mass is 480 g/mol. The highest BCUT2D eigenvalue weighted by atomic mass is 28.4. The van der Waals surface area contributed by atoms with Crippen molar-refractivity contribution < 1.29 is 23.9 Å². The topological polar surface area (TPSA) is 72.8 Å². The van der Waals surface area contributed by atoms with Gasteiger partial charge in [0.1, 0.15) is 0 Å². The lowest BCUT2D eigenvalue weighted by Crippen LogP contribution is -2.43. The zero-order chi connectivity index (χ0) is 25.1. The van der Waals surface area contributed by atoms with E-state index < -0.39 is 20.3 Å². The summed E-state index contributed by atoms with van der Waals surface area (Å²) in [5, 5.41) is 10.9. The average Bonchev–Trinajstić information content (AvgIpc) is 3.10. The van der Waals surface area contributed by atoms with Crippen LogP contribution < -0.4 is 0 Å². The molecule has 0 saturated carbocycles. The van der Waals surface area contributed by atoms with Gasteiger partial charge in [0.05, 0.1) is 25.2 Å². The van der Waals surface area contributed by atoms with Crippen LogP contribution in [0.25, 0.3) is 0 Å². The molecule has 5 nitrogen and oxygen atoms in total. The fourth-order valence-electron chi connectivity index (χ4n) is 3.94. The Kier molecular flexibility index (Phi) is 12.8. The number of hydrogen-bond donors (Lipinski definition) is 1. The molecular weight excluding hydrogens is 432 g/mol. The van der Waals surface area contributed by atoms with Crippen molar-refractivity contribution in [2.24, 2.45) is 11.8 Å². The second kappa shape index (κ2) is 14.2. The minimum atomic E-state index is -1.91. The first kappa shape index (κ1) is 29.8. The van der Waals surface area contributed by atoms with Crippen LogP contribution in [0.1, 0.15) is 85.5 Å². The van der Waals surface area contributed by atoms with E-state index in [1.807, 2.05) is 6.08 Å². The number of ketones is 1. The maximum absolute atomic E-state index is 12.5. The molecule has 1 aliphatic carbocycles. The molecule has 0 amide bonds. The van der Waals surface area contributed by atoms with E-state index in [2.05, 4.69) is 57.7 Å². The fraction of sp³-hybridized carbons (Fsp3) is 0.778. The van der Waals surface area contributed by atoms with Gasteiger partial charge in [-0.15, -0.1) is 0 Å². The van der Waals surface area contributed by atoms with Crippen molar-refractivity contribution in [1.82, 2.24) is 0 Å². The lowest BCUT2D eigenvalue weighted by molar-refractivity contribution is -0.140. The van der Waals surface area contributed by atoms with E-state index in [0.29, 0.717) is 12.8 Å². The van der Waals surface area contributed by atoms with Crippen molar-refractivity contribution >= 4 is 20.1 Å². The molecule has 0 bridgehead atoms. The number of esters is 1. The fourth-order valence-corrected chi connectivity index (χ4v) is 5.24. The zero-order valence-corrected chi connectivity index (χ0v) is 23.1. The molecule has 0 fully saturated rings. The Labute approximate surface area is 203 Å². The Balaban J connectivity index is 2.75. The Bertz CT molecular complexity index is 662. The molecule has 0 aromatic rings. The van der Waals surface area contributed by atoms with Gasteiger partial charge in [-0.1, -0.05) is 78.0 Å². The van der Waals surface area contributed by atoms with E-state index in [1.54, 1.807) is 6.08 Å². The molecule has 1 aliphatic rings. The van der Waals surface area contributed by atoms with Gasteiger partial charge in [-0.05, 0) is 43.5 Å². The minimum absolute atomic E-state index is 0.000409. The average molecular weight is 481 g/mol. The van der Waals surface area contributed by atoms with Crippen LogP contribution >= 0.6 is 0 Å². The Morgan fingerprint density at radius 2 is 1.82 bits per heavy atom. The Hall–Kier alpha value is -1.24. The number of rotatable bonds is 15. The SMILES string of the molecule is CCCCC[C@@H](/C=C/[C@H]1C=CC(=O)[C@@H]1[C@@H](O)CCCCCC(=O)OC)O[Si](C)(C)C(C)(C)C. The molecule has 0 aliphatic heterocycles. The van der Waals surface area contributed by atoms with Gasteiger partial charge in [-0.2, -0.15) is 0 Å². The second-order valence-corrected chi connectivity index (χ2v) is 15.7. The molecule has 0 radical (unpaired) electrons. The molecule has 0 aromatic carbocycles. The molecule has 0 unspecified atom stereocenters. The van der Waals surface area contributed by atoms with Crippen molar-refractivity contribution in [2.45, 2.75) is 116 Å². The summed E-state index contributed by atoms with van der Waals surface area (Å²) in [6.45, 7) is 13.5. The third-order valence-corrected chi connectivity index (χ3v) is 11.6. The van der Waals surface area contributed by atoms with Crippen molar-refractivity contribution in [2.75, 3.05) is 7.11 Å². The summed E-state index contributed by atoms with van der Waals surface area (Å²) in [4.78, 5) is 23.7. The van der Waals surface area contributed by atoms with Gasteiger partial charge in [0.15, 0.2) is 14.1 Å². The summed E-state index contributed by atoms with van der Waals surface area (Å²) in [5.74, 6) is -0.728. The van der Waals surface area contributed by atoms with E-state index in [9.17, 15) is 14.7 Å². The van der Waals surface area contributed by atoms with Gasteiger partial charge >= 0.3 is 5.97 Å². The van der Waals surface area contributed by atoms with Crippen LogP contribution in [-0.2, 0) is 18.8 Å². The molecule has 0 saturated heterocycles. The molecule has 0 spiro atoms. The molecule has 1 rings (SSSR count). The summed E-state index contributed by atoms with van der Waals surface area (Å²) < 4.78 is 11.4. The first-order valence-electron chi connectivity index (χ1n) is 12.8. The lowest BCUT2D eigenvalue weighted by atomic mass is 9.86. The molecule has 1 N–H and O–H groups in total. The van der Waals surface area contributed by atoms with Crippen LogP contribution in [0.15, 0.2) is 24.3 Å². The number of unbranched alkanes of at least 4 members (excludes halogenated alkanes) is 4. The number of allylic oxidation sites excluding steroid dienone is 3. The predicted molar refractivity (Wildman–Crippen MR) is 138 cm³/mol. The largest absolute Gasteiger partial charge is 0.469 e. The summed E-state index contributed by atoms with van der Waals surface area (Å²) in [7, 11) is -0.519. The van der Waals surface area contributed by atoms with Gasteiger partial charge in [-0.25, -0.2) is 0 Å². The summed E-state index contributed by atoms with van der Waals surface area (Å²) >= 11 is 0.